The van der Waals surface area contributed by atoms with Crippen molar-refractivity contribution in [3.63, 3.8) is 0 Å². The summed E-state index contributed by atoms with van der Waals surface area (Å²) in [6.07, 6.45) is 5.92. The van der Waals surface area contributed by atoms with E-state index in [1.54, 1.807) is 97.2 Å². The lowest BCUT2D eigenvalue weighted by molar-refractivity contribution is -0.308. The summed E-state index contributed by atoms with van der Waals surface area (Å²) in [6, 6.07) is 5.30. The lowest BCUT2D eigenvalue weighted by Gasteiger charge is -2.45. The predicted octanol–water partition coefficient (Wildman–Crippen LogP) is 3.11. The first kappa shape index (κ1) is 65.8. The van der Waals surface area contributed by atoms with Crippen molar-refractivity contribution >= 4 is 23.4 Å². The van der Waals surface area contributed by atoms with E-state index < -0.39 is 135 Å². The number of hydrogen-bond donors (Lipinski definition) is 13. The number of ether oxygens (including phenoxy) is 4. The summed E-state index contributed by atoms with van der Waals surface area (Å²) in [5.74, 6) is -6.83. The number of hydrogen-bond acceptors (Lipinski definition) is 19. The van der Waals surface area contributed by atoms with Crippen molar-refractivity contribution in [1.29, 1.82) is 0 Å². The first-order valence-electron chi connectivity index (χ1n) is 27.0. The zero-order valence-corrected chi connectivity index (χ0v) is 44.9. The minimum Gasteiger partial charge on any atom is -0.481 e. The Labute approximate surface area is 457 Å². The molecule has 1 aromatic rings. The zero-order chi connectivity index (χ0) is 57.5. The average Bonchev–Trinajstić information content (AvgIpc) is 3.37. The Morgan fingerprint density at radius 1 is 0.731 bits per heavy atom. The molecule has 20 nitrogen and oxygen atoms in total. The quantitative estimate of drug-likeness (QED) is 0.0909. The molecule has 19 unspecified atom stereocenters. The molecule has 0 aliphatic carbocycles. The van der Waals surface area contributed by atoms with Crippen molar-refractivity contribution in [1.82, 2.24) is 0 Å². The molecule has 2 bridgehead atoms. The van der Waals surface area contributed by atoms with E-state index in [2.05, 4.69) is 0 Å². The Balaban J connectivity index is 1.52. The van der Waals surface area contributed by atoms with E-state index in [4.69, 9.17) is 30.4 Å². The molecule has 2 fully saturated rings. The van der Waals surface area contributed by atoms with Crippen molar-refractivity contribution in [2.75, 3.05) is 5.73 Å². The molecule has 1 aromatic carbocycles. The van der Waals surface area contributed by atoms with Gasteiger partial charge in [-0.2, -0.15) is 0 Å². The third-order valence-electron chi connectivity index (χ3n) is 14.3. The van der Waals surface area contributed by atoms with Crippen LogP contribution in [0.25, 0.3) is 0 Å². The van der Waals surface area contributed by atoms with Crippen LogP contribution in [0.5, 0.6) is 0 Å². The Bertz CT molecular complexity index is 2200. The van der Waals surface area contributed by atoms with Crippen LogP contribution in [0.15, 0.2) is 109 Å². The lowest BCUT2D eigenvalue weighted by Crippen LogP contribution is -2.61. The van der Waals surface area contributed by atoms with Crippen LogP contribution in [0.1, 0.15) is 115 Å². The van der Waals surface area contributed by atoms with Gasteiger partial charge in [-0.25, -0.2) is 0 Å². The molecule has 20 heteroatoms. The lowest BCUT2D eigenvalue weighted by atomic mass is 9.82. The van der Waals surface area contributed by atoms with Gasteiger partial charge < -0.3 is 86.6 Å². The van der Waals surface area contributed by atoms with Gasteiger partial charge >= 0.3 is 11.9 Å². The molecule has 0 spiro atoms. The summed E-state index contributed by atoms with van der Waals surface area (Å²) in [7, 11) is 0. The third-order valence-corrected chi connectivity index (χ3v) is 14.3. The number of rotatable bonds is 10. The van der Waals surface area contributed by atoms with Crippen LogP contribution in [0, 0.1) is 17.8 Å². The van der Waals surface area contributed by atoms with Gasteiger partial charge in [-0.1, -0.05) is 98.9 Å². The normalized spacial score (nSPS) is 38.7. The molecule has 0 amide bonds. The maximum atomic E-state index is 13.3. The highest BCUT2D eigenvalue weighted by atomic mass is 16.7. The molecule has 0 aromatic heterocycles. The monoisotopic (exact) mass is 1100 g/mol. The molecule has 4 rings (SSSR count). The van der Waals surface area contributed by atoms with E-state index >= 15 is 0 Å². The molecular weight excluding hydrogens is 1010 g/mol. The van der Waals surface area contributed by atoms with Gasteiger partial charge in [0.05, 0.1) is 79.6 Å². The van der Waals surface area contributed by atoms with Crippen LogP contribution in [-0.4, -0.2) is 171 Å². The smallest absolute Gasteiger partial charge is 0.311 e. The predicted molar refractivity (Wildman–Crippen MR) is 290 cm³/mol. The summed E-state index contributed by atoms with van der Waals surface area (Å²) < 4.78 is 23.8. The highest BCUT2D eigenvalue weighted by molar-refractivity contribution is 5.96. The van der Waals surface area contributed by atoms with Gasteiger partial charge in [0.1, 0.15) is 18.1 Å². The Hall–Kier alpha value is -4.75. The van der Waals surface area contributed by atoms with Crippen LogP contribution in [0.4, 0.5) is 5.69 Å². The van der Waals surface area contributed by atoms with Crippen molar-refractivity contribution in [2.45, 2.75) is 202 Å². The summed E-state index contributed by atoms with van der Waals surface area (Å²) in [5.41, 5.74) is 12.7. The maximum absolute atomic E-state index is 13.3. The van der Waals surface area contributed by atoms with Gasteiger partial charge in [0.2, 0.25) is 0 Å². The highest BCUT2D eigenvalue weighted by Crippen LogP contribution is 2.38. The number of carbonyl (C=O) groups is 3. The molecule has 19 atom stereocenters. The number of anilines is 1. The van der Waals surface area contributed by atoms with E-state index in [1.807, 2.05) is 19.9 Å². The Morgan fingerprint density at radius 3 is 1.87 bits per heavy atom. The van der Waals surface area contributed by atoms with E-state index in [9.17, 15) is 70.6 Å². The third kappa shape index (κ3) is 22.8. The minimum absolute atomic E-state index is 0.101. The molecule has 15 N–H and O–H groups in total. The number of aliphatic carboxylic acids is 1. The number of carboxylic acid groups (broad SMARTS) is 1. The first-order valence-corrected chi connectivity index (χ1v) is 27.0. The van der Waals surface area contributed by atoms with Crippen LogP contribution in [0.2, 0.25) is 0 Å². The second kappa shape index (κ2) is 33.1. The van der Waals surface area contributed by atoms with Crippen LogP contribution in [0.3, 0.4) is 0 Å². The molecule has 2 saturated heterocycles. The summed E-state index contributed by atoms with van der Waals surface area (Å²) in [6.45, 7) is 5.29. The van der Waals surface area contributed by atoms with Crippen LogP contribution >= 0.6 is 0 Å². The second-order valence-corrected chi connectivity index (χ2v) is 21.2. The number of Topliss-reactive ketones (excluding diaryl/α,β-unsaturated/α-hetero) is 1. The van der Waals surface area contributed by atoms with Gasteiger partial charge in [-0.3, -0.25) is 14.4 Å². The minimum atomic E-state index is -2.29. The standard InChI is InChI=1S/C58H86N2O18/c1-35-17-14-12-10-8-6-4-5-7-9-11-13-15-20-46(76-57-54(71)52(60)53(70)37(3)75-57)32-49-51(56(72)73)48(68)34-58(74,78-49)33-45(66)29-43(64)27-40(61)18-16-19-41(62)28-44(65)31-50(69)77-55(35)36(2)21-26-42(63)30-47(67)38-22-24-39(59)25-23-38/h4-15,17,20,22-25,35-37,40-46,48-49,51-55,57,61-66,68,70-71,74H,16,18-19,21,26-34,59-60H2,1-3H3,(H,72,73)/b5-4-,8-6-,9-7+,12-10+,13-11+,17-14+,20-15+. The number of benzene rings is 1. The fourth-order valence-corrected chi connectivity index (χ4v) is 9.95. The molecule has 3 aliphatic rings. The number of aliphatic hydroxyl groups excluding tert-OH is 9. The van der Waals surface area contributed by atoms with Crippen molar-refractivity contribution in [3.8, 4) is 0 Å². The Morgan fingerprint density at radius 2 is 1.28 bits per heavy atom. The second-order valence-electron chi connectivity index (χ2n) is 21.2. The van der Waals surface area contributed by atoms with Crippen molar-refractivity contribution in [3.05, 3.63) is 115 Å². The first-order chi connectivity index (χ1) is 36.9. The van der Waals surface area contributed by atoms with Gasteiger partial charge in [0, 0.05) is 42.9 Å². The number of fused-ring (bicyclic) bond motifs is 2. The van der Waals surface area contributed by atoms with Crippen LogP contribution in [-0.2, 0) is 28.5 Å². The van der Waals surface area contributed by atoms with Crippen molar-refractivity contribution < 1.29 is 89.5 Å². The summed E-state index contributed by atoms with van der Waals surface area (Å²) in [4.78, 5) is 38.6. The largest absolute Gasteiger partial charge is 0.481 e. The number of cyclic esters (lactones) is 1. The number of nitrogen functional groups attached to an aromatic ring is 1. The summed E-state index contributed by atoms with van der Waals surface area (Å²) >= 11 is 0. The number of ketones is 1. The molecule has 3 heterocycles. The number of nitrogens with two attached hydrogens (primary N) is 2. The summed E-state index contributed by atoms with van der Waals surface area (Å²) in [5, 5.41) is 119. The van der Waals surface area contributed by atoms with E-state index in [-0.39, 0.29) is 75.4 Å². The molecular formula is C58H86N2O18. The van der Waals surface area contributed by atoms with E-state index in [0.29, 0.717) is 17.7 Å². The van der Waals surface area contributed by atoms with Crippen molar-refractivity contribution in [2.24, 2.45) is 23.5 Å². The molecule has 0 radical (unpaired) electrons. The number of allylic oxidation sites excluding steroid dienone is 12. The topological polar surface area (TPSA) is 363 Å². The average molecular weight is 1100 g/mol. The maximum Gasteiger partial charge on any atom is 0.311 e. The Kier molecular flexibility index (Phi) is 27.9. The molecule has 436 valence electrons. The van der Waals surface area contributed by atoms with Gasteiger partial charge in [0.15, 0.2) is 17.9 Å². The number of esters is 1. The number of carbonyl (C=O) groups excluding carboxylic acids is 2. The van der Waals surface area contributed by atoms with E-state index in [0.717, 1.165) is 0 Å². The van der Waals surface area contributed by atoms with E-state index in [1.165, 1.54) is 13.0 Å². The van der Waals surface area contributed by atoms with Gasteiger partial charge in [-0.15, -0.1) is 0 Å². The van der Waals surface area contributed by atoms with Crippen LogP contribution < -0.4 is 11.5 Å². The van der Waals surface area contributed by atoms with Gasteiger partial charge in [-0.05, 0) is 88.5 Å². The molecule has 0 saturated carbocycles. The highest BCUT2D eigenvalue weighted by Gasteiger charge is 2.51. The molecule has 3 aliphatic heterocycles. The van der Waals surface area contributed by atoms with Gasteiger partial charge in [0.25, 0.3) is 0 Å². The zero-order valence-electron chi connectivity index (χ0n) is 44.9. The number of aliphatic hydroxyl groups is 10. The molecule has 78 heavy (non-hydrogen) atoms. The number of carboxylic acids is 1. The SMILES string of the molecule is CC1/C=C/C=C/C=C\C=C/C=C/C=C/C=C/C(OC2OC(C)C(O)C(N)C2O)CC2OC(O)(CC(O)CC(O)CC(O)CCCC(O)CC(O)CC(=O)OC1C(C)CCC(O)CC(=O)c1ccc(N)cc1)CC(O)C2C(=O)O. The fourth-order valence-electron chi connectivity index (χ4n) is 9.95. The fraction of sp³-hybridized carbons (Fsp3) is 0.603.